The van der Waals surface area contributed by atoms with Gasteiger partial charge in [0, 0.05) is 24.9 Å². The molecule has 2 amide bonds. The number of rotatable bonds is 9. The highest BCUT2D eigenvalue weighted by atomic mass is 16.2. The van der Waals surface area contributed by atoms with Crippen LogP contribution in [-0.4, -0.2) is 41.2 Å². The number of benzene rings is 2. The van der Waals surface area contributed by atoms with E-state index in [2.05, 4.69) is 5.32 Å². The Labute approximate surface area is 178 Å². The summed E-state index contributed by atoms with van der Waals surface area (Å²) in [5.74, 6) is -0.791. The van der Waals surface area contributed by atoms with Gasteiger partial charge in [-0.25, -0.2) is 9.28 Å². The molecule has 0 aliphatic carbocycles. The topological polar surface area (TPSA) is 63.2 Å². The van der Waals surface area contributed by atoms with Crippen LogP contribution in [0.4, 0.5) is 0 Å². The largest absolute Gasteiger partial charge is 0.349 e. The lowest BCUT2D eigenvalue weighted by Gasteiger charge is -2.38. The number of amides is 2. The van der Waals surface area contributed by atoms with Gasteiger partial charge in [-0.2, -0.15) is 0 Å². The quantitative estimate of drug-likeness (QED) is 0.513. The lowest BCUT2D eigenvalue weighted by Crippen LogP contribution is -2.62. The third kappa shape index (κ3) is 5.03. The zero-order chi connectivity index (χ0) is 21.6. The molecule has 0 saturated carbocycles. The highest BCUT2D eigenvalue weighted by Gasteiger charge is 2.52. The molecule has 1 aliphatic heterocycles. The molecule has 30 heavy (non-hydrogen) atoms. The average Bonchev–Trinajstić information content (AvgIpc) is 3.11. The van der Waals surface area contributed by atoms with Crippen molar-refractivity contribution in [1.29, 1.82) is 0 Å². The minimum Gasteiger partial charge on any atom is -0.349 e. The van der Waals surface area contributed by atoms with Crippen molar-refractivity contribution in [1.82, 2.24) is 5.32 Å². The Bertz CT molecular complexity index is 880. The summed E-state index contributed by atoms with van der Waals surface area (Å²) < 4.78 is 0.0207. The number of carbonyl (C=O) groups is 3. The summed E-state index contributed by atoms with van der Waals surface area (Å²) in [6.45, 7) is 5.42. The van der Waals surface area contributed by atoms with E-state index < -0.39 is 17.7 Å². The van der Waals surface area contributed by atoms with E-state index in [0.29, 0.717) is 32.5 Å². The van der Waals surface area contributed by atoms with Gasteiger partial charge in [0.2, 0.25) is 0 Å². The monoisotopic (exact) mass is 407 g/mol. The van der Waals surface area contributed by atoms with Crippen molar-refractivity contribution >= 4 is 17.6 Å². The number of carbonyl (C=O) groups excluding carboxylic acids is 3. The van der Waals surface area contributed by atoms with Crippen molar-refractivity contribution in [2.24, 2.45) is 5.92 Å². The maximum atomic E-state index is 13.4. The fourth-order valence-corrected chi connectivity index (χ4v) is 4.24. The summed E-state index contributed by atoms with van der Waals surface area (Å²) in [7, 11) is 0. The zero-order valence-electron chi connectivity index (χ0n) is 17.8. The second-order valence-electron chi connectivity index (χ2n) is 8.57. The Morgan fingerprint density at radius 3 is 2.10 bits per heavy atom. The standard InChI is InChI=1S/C25H30N2O3/c1-19(2)17-26-25(30)24(29)22(16-20-10-5-3-6-11-20)27(15-9-14-23(27)28)18-21-12-7-4-8-13-21/h3-8,10-13,19,22H,9,14-18H2,1-2H3/p+1. The molecule has 2 aromatic carbocycles. The summed E-state index contributed by atoms with van der Waals surface area (Å²) in [4.78, 5) is 39.4. The molecule has 3 rings (SSSR count). The number of ketones is 1. The molecule has 158 valence electrons. The van der Waals surface area contributed by atoms with Gasteiger partial charge < -0.3 is 5.32 Å². The van der Waals surface area contributed by atoms with Crippen LogP contribution in [-0.2, 0) is 27.3 Å². The number of hydrogen-bond donors (Lipinski definition) is 1. The molecule has 1 heterocycles. The van der Waals surface area contributed by atoms with Crippen LogP contribution in [0.3, 0.4) is 0 Å². The molecule has 2 atom stereocenters. The second-order valence-corrected chi connectivity index (χ2v) is 8.57. The molecule has 5 heteroatoms. The number of Topliss-reactive ketones (excluding diaryl/α,β-unsaturated/α-hetero) is 1. The number of nitrogens with zero attached hydrogens (tertiary/aromatic N) is 1. The maximum absolute atomic E-state index is 13.4. The normalized spacial score (nSPS) is 19.6. The minimum atomic E-state index is -0.727. The highest BCUT2D eigenvalue weighted by Crippen LogP contribution is 2.31. The van der Waals surface area contributed by atoms with Gasteiger partial charge in [0.15, 0.2) is 6.04 Å². The highest BCUT2D eigenvalue weighted by molar-refractivity contribution is 6.38. The van der Waals surface area contributed by atoms with Crippen molar-refractivity contribution in [3.63, 3.8) is 0 Å². The van der Waals surface area contributed by atoms with Gasteiger partial charge in [-0.3, -0.25) is 9.59 Å². The fraction of sp³-hybridized carbons (Fsp3) is 0.400. The lowest BCUT2D eigenvalue weighted by molar-refractivity contribution is -0.875. The van der Waals surface area contributed by atoms with E-state index in [1.807, 2.05) is 74.5 Å². The van der Waals surface area contributed by atoms with E-state index >= 15 is 0 Å². The summed E-state index contributed by atoms with van der Waals surface area (Å²) in [6.07, 6.45) is 1.55. The third-order valence-electron chi connectivity index (χ3n) is 5.82. The molecule has 2 unspecified atom stereocenters. The van der Waals surface area contributed by atoms with Crippen LogP contribution >= 0.6 is 0 Å². The summed E-state index contributed by atoms with van der Waals surface area (Å²) >= 11 is 0. The van der Waals surface area contributed by atoms with Gasteiger partial charge in [0.1, 0.15) is 6.54 Å². The molecule has 1 fully saturated rings. The number of hydrogen-bond acceptors (Lipinski definition) is 3. The lowest BCUT2D eigenvalue weighted by atomic mass is 9.96. The van der Waals surface area contributed by atoms with Gasteiger partial charge in [0.05, 0.1) is 13.0 Å². The molecule has 2 aromatic rings. The van der Waals surface area contributed by atoms with Crippen LogP contribution < -0.4 is 5.32 Å². The fourth-order valence-electron chi connectivity index (χ4n) is 4.24. The van der Waals surface area contributed by atoms with Crippen molar-refractivity contribution in [2.45, 2.75) is 45.7 Å². The Morgan fingerprint density at radius 1 is 0.967 bits per heavy atom. The van der Waals surface area contributed by atoms with Crippen molar-refractivity contribution in [3.05, 3.63) is 71.8 Å². The predicted molar refractivity (Wildman–Crippen MR) is 116 cm³/mol. The molecule has 1 saturated heterocycles. The van der Waals surface area contributed by atoms with Crippen LogP contribution in [0.25, 0.3) is 0 Å². The Hall–Kier alpha value is -2.79. The minimum absolute atomic E-state index is 0.0207. The first-order valence-electron chi connectivity index (χ1n) is 10.7. The zero-order valence-corrected chi connectivity index (χ0v) is 17.8. The number of likely N-dealkylation sites (tertiary alicyclic amines) is 1. The van der Waals surface area contributed by atoms with Gasteiger partial charge in [-0.05, 0) is 11.5 Å². The smallest absolute Gasteiger partial charge is 0.314 e. The van der Waals surface area contributed by atoms with Gasteiger partial charge in [-0.1, -0.05) is 74.5 Å². The second kappa shape index (κ2) is 9.81. The SMILES string of the molecule is CC(C)CNC(=O)C(=O)C(Cc1ccccc1)[N+]1(Cc2ccccc2)CCCC1=O. The molecule has 0 radical (unpaired) electrons. The van der Waals surface area contributed by atoms with E-state index in [1.165, 1.54) is 0 Å². The van der Waals surface area contributed by atoms with Crippen LogP contribution in [0.1, 0.15) is 37.8 Å². The van der Waals surface area contributed by atoms with Crippen molar-refractivity contribution < 1.29 is 18.9 Å². The molecule has 1 aliphatic rings. The van der Waals surface area contributed by atoms with E-state index in [-0.39, 0.29) is 16.3 Å². The molecule has 1 N–H and O–H groups in total. The first-order chi connectivity index (χ1) is 14.4. The van der Waals surface area contributed by atoms with Gasteiger partial charge in [-0.15, -0.1) is 0 Å². The van der Waals surface area contributed by atoms with E-state index in [1.54, 1.807) is 0 Å². The van der Waals surface area contributed by atoms with E-state index in [4.69, 9.17) is 0 Å². The molecule has 0 bridgehead atoms. The van der Waals surface area contributed by atoms with E-state index in [9.17, 15) is 14.4 Å². The maximum Gasteiger partial charge on any atom is 0.314 e. The summed E-state index contributed by atoms with van der Waals surface area (Å²) in [6, 6.07) is 18.7. The molecular formula is C25H31N2O3+. The van der Waals surface area contributed by atoms with Crippen molar-refractivity contribution in [3.8, 4) is 0 Å². The van der Waals surface area contributed by atoms with Gasteiger partial charge >= 0.3 is 5.91 Å². The van der Waals surface area contributed by atoms with Crippen molar-refractivity contribution in [2.75, 3.05) is 13.1 Å². The Kier molecular flexibility index (Phi) is 7.16. The first-order valence-corrected chi connectivity index (χ1v) is 10.7. The van der Waals surface area contributed by atoms with Crippen LogP contribution in [0.2, 0.25) is 0 Å². The number of quaternary nitrogens is 1. The molecule has 0 aromatic heterocycles. The molecule has 5 nitrogen and oxygen atoms in total. The summed E-state index contributed by atoms with van der Waals surface area (Å²) in [5.41, 5.74) is 1.96. The Morgan fingerprint density at radius 2 is 1.57 bits per heavy atom. The number of nitrogens with one attached hydrogen (secondary N) is 1. The van der Waals surface area contributed by atoms with Crippen LogP contribution in [0.15, 0.2) is 60.7 Å². The Balaban J connectivity index is 1.97. The van der Waals surface area contributed by atoms with Gasteiger partial charge in [0.25, 0.3) is 11.7 Å². The molecular weight excluding hydrogens is 376 g/mol. The first kappa shape index (κ1) is 21.9. The molecule has 0 spiro atoms. The third-order valence-corrected chi connectivity index (χ3v) is 5.82. The predicted octanol–water partition coefficient (Wildman–Crippen LogP) is 3.28. The van der Waals surface area contributed by atoms with Crippen LogP contribution in [0.5, 0.6) is 0 Å². The summed E-state index contributed by atoms with van der Waals surface area (Å²) in [5, 5.41) is 2.76. The average molecular weight is 408 g/mol. The van der Waals surface area contributed by atoms with Crippen LogP contribution in [0, 0.1) is 5.92 Å². The van der Waals surface area contributed by atoms with E-state index in [0.717, 1.165) is 17.5 Å².